The predicted octanol–water partition coefficient (Wildman–Crippen LogP) is 0.766. The maximum atomic E-state index is 11.3. The second-order valence-corrected chi connectivity index (χ2v) is 3.75. The molecule has 0 radical (unpaired) electrons. The Balaban J connectivity index is 4.01. The third-order valence-corrected chi connectivity index (χ3v) is 2.29. The van der Waals surface area contributed by atoms with Crippen LogP contribution >= 0.6 is 0 Å². The summed E-state index contributed by atoms with van der Waals surface area (Å²) < 4.78 is 5.01. The molecule has 0 heterocycles. The van der Waals surface area contributed by atoms with Gasteiger partial charge in [-0.05, 0) is 19.3 Å². The topological polar surface area (TPSA) is 89.6 Å². The second-order valence-electron chi connectivity index (χ2n) is 3.75. The molecule has 3 atom stereocenters. The maximum Gasteiger partial charge on any atom is 0.320 e. The van der Waals surface area contributed by atoms with Crippen LogP contribution in [0.2, 0.25) is 0 Å². The van der Waals surface area contributed by atoms with Gasteiger partial charge in [0.2, 0.25) is 0 Å². The number of carbonyl (C=O) groups is 2. The molecule has 0 aromatic carbocycles. The molecule has 0 saturated heterocycles. The Labute approximate surface area is 89.6 Å². The zero-order valence-electron chi connectivity index (χ0n) is 9.40. The molecule has 0 amide bonds. The lowest BCUT2D eigenvalue weighted by atomic mass is 9.99. The first-order valence-corrected chi connectivity index (χ1v) is 5.06. The van der Waals surface area contributed by atoms with Crippen molar-refractivity contribution in [2.75, 3.05) is 0 Å². The van der Waals surface area contributed by atoms with Crippen LogP contribution in [0.15, 0.2) is 0 Å². The molecular formula is C10H19NO4. The molecule has 0 aliphatic carbocycles. The van der Waals surface area contributed by atoms with E-state index in [1.807, 2.05) is 6.92 Å². The minimum atomic E-state index is -1.10. The van der Waals surface area contributed by atoms with Crippen LogP contribution in [-0.4, -0.2) is 29.2 Å². The fourth-order valence-electron chi connectivity index (χ4n) is 0.989. The van der Waals surface area contributed by atoms with Gasteiger partial charge in [-0.2, -0.15) is 0 Å². The van der Waals surface area contributed by atoms with E-state index in [0.29, 0.717) is 0 Å². The number of aliphatic carboxylic acids is 1. The Hall–Kier alpha value is -1.10. The zero-order chi connectivity index (χ0) is 12.0. The van der Waals surface area contributed by atoms with E-state index in [1.54, 1.807) is 13.8 Å². The number of rotatable bonds is 6. The Morgan fingerprint density at radius 3 is 2.33 bits per heavy atom. The summed E-state index contributed by atoms with van der Waals surface area (Å²) in [4.78, 5) is 21.8. The number of hydrogen-bond donors (Lipinski definition) is 2. The Morgan fingerprint density at radius 1 is 1.40 bits per heavy atom. The molecule has 3 N–H and O–H groups in total. The van der Waals surface area contributed by atoms with Crippen LogP contribution in [0.1, 0.15) is 33.6 Å². The minimum absolute atomic E-state index is 0.0395. The fraction of sp³-hybridized carbons (Fsp3) is 0.800. The van der Waals surface area contributed by atoms with Gasteiger partial charge in [0.15, 0.2) is 0 Å². The Bertz CT molecular complexity index is 229. The molecule has 0 aliphatic rings. The molecule has 5 nitrogen and oxygen atoms in total. The molecule has 88 valence electrons. The van der Waals surface area contributed by atoms with Crippen LogP contribution in [0.3, 0.4) is 0 Å². The lowest BCUT2D eigenvalue weighted by molar-refractivity contribution is -0.150. The third-order valence-electron chi connectivity index (χ3n) is 2.29. The summed E-state index contributed by atoms with van der Waals surface area (Å²) in [6.07, 6.45) is 0.647. The van der Waals surface area contributed by atoms with Crippen molar-refractivity contribution < 1.29 is 19.4 Å². The maximum absolute atomic E-state index is 11.3. The largest absolute Gasteiger partial charge is 0.480 e. The molecule has 0 saturated carbocycles. The summed E-state index contributed by atoms with van der Waals surface area (Å²) in [6, 6.07) is -1.02. The lowest BCUT2D eigenvalue weighted by Crippen LogP contribution is -2.38. The van der Waals surface area contributed by atoms with Crippen molar-refractivity contribution in [3.8, 4) is 0 Å². The lowest BCUT2D eigenvalue weighted by Gasteiger charge is -2.16. The van der Waals surface area contributed by atoms with Gasteiger partial charge in [0, 0.05) is 0 Å². The number of esters is 1. The van der Waals surface area contributed by atoms with Crippen molar-refractivity contribution in [3.63, 3.8) is 0 Å². The summed E-state index contributed by atoms with van der Waals surface area (Å²) in [5.74, 6) is -1.91. The number of carboxylic acid groups (broad SMARTS) is 1. The first kappa shape index (κ1) is 13.9. The van der Waals surface area contributed by atoms with Crippen molar-refractivity contribution in [1.82, 2.24) is 0 Å². The summed E-state index contributed by atoms with van der Waals surface area (Å²) in [6.45, 7) is 5.32. The molecule has 2 unspecified atom stereocenters. The summed E-state index contributed by atoms with van der Waals surface area (Å²) >= 11 is 0. The minimum Gasteiger partial charge on any atom is -0.480 e. The van der Waals surface area contributed by atoms with Crippen LogP contribution in [0.25, 0.3) is 0 Å². The molecule has 0 fully saturated rings. The Morgan fingerprint density at radius 2 is 1.93 bits per heavy atom. The SMILES string of the molecule is CCC(C)OC(=O)CC(C)[C@H](N)C(=O)O. The summed E-state index contributed by atoms with van der Waals surface area (Å²) in [7, 11) is 0. The monoisotopic (exact) mass is 217 g/mol. The average molecular weight is 217 g/mol. The highest BCUT2D eigenvalue weighted by Gasteiger charge is 2.23. The van der Waals surface area contributed by atoms with Crippen LogP contribution in [0.5, 0.6) is 0 Å². The number of carboxylic acids is 1. The standard InChI is InChI=1S/C10H19NO4/c1-4-7(3)15-8(12)5-6(2)9(11)10(13)14/h6-7,9H,4-5,11H2,1-3H3,(H,13,14)/t6?,7?,9-/m0/s1. The predicted molar refractivity (Wildman–Crippen MR) is 55.2 cm³/mol. The van der Waals surface area contributed by atoms with Gasteiger partial charge in [0.25, 0.3) is 0 Å². The van der Waals surface area contributed by atoms with Gasteiger partial charge < -0.3 is 15.6 Å². The quantitative estimate of drug-likeness (QED) is 0.641. The van der Waals surface area contributed by atoms with E-state index in [4.69, 9.17) is 15.6 Å². The van der Waals surface area contributed by atoms with E-state index >= 15 is 0 Å². The van der Waals surface area contributed by atoms with E-state index in [2.05, 4.69) is 0 Å². The molecule has 0 bridgehead atoms. The highest BCUT2D eigenvalue weighted by molar-refractivity contribution is 5.76. The zero-order valence-corrected chi connectivity index (χ0v) is 9.40. The van der Waals surface area contributed by atoms with Gasteiger partial charge in [-0.25, -0.2) is 0 Å². The van der Waals surface area contributed by atoms with Gasteiger partial charge in [0.05, 0.1) is 12.5 Å². The van der Waals surface area contributed by atoms with Crippen molar-refractivity contribution in [2.24, 2.45) is 11.7 Å². The van der Waals surface area contributed by atoms with Crippen LogP contribution < -0.4 is 5.73 Å². The van der Waals surface area contributed by atoms with Crippen molar-refractivity contribution in [1.29, 1.82) is 0 Å². The van der Waals surface area contributed by atoms with E-state index in [-0.39, 0.29) is 12.5 Å². The molecular weight excluding hydrogens is 198 g/mol. The average Bonchev–Trinajstić information content (AvgIpc) is 2.15. The van der Waals surface area contributed by atoms with Crippen LogP contribution in [-0.2, 0) is 14.3 Å². The van der Waals surface area contributed by atoms with E-state index in [9.17, 15) is 9.59 Å². The second kappa shape index (κ2) is 6.40. The normalized spacial score (nSPS) is 16.5. The van der Waals surface area contributed by atoms with Gasteiger partial charge in [-0.1, -0.05) is 13.8 Å². The van der Waals surface area contributed by atoms with Crippen LogP contribution in [0.4, 0.5) is 0 Å². The summed E-state index contributed by atoms with van der Waals surface area (Å²) in [5, 5.41) is 8.62. The van der Waals surface area contributed by atoms with E-state index in [1.165, 1.54) is 0 Å². The molecule has 15 heavy (non-hydrogen) atoms. The smallest absolute Gasteiger partial charge is 0.320 e. The summed E-state index contributed by atoms with van der Waals surface area (Å²) in [5.41, 5.74) is 5.36. The number of nitrogens with two attached hydrogens (primary N) is 1. The molecule has 0 rings (SSSR count). The molecule has 0 spiro atoms. The van der Waals surface area contributed by atoms with Crippen molar-refractivity contribution in [2.45, 2.75) is 45.8 Å². The first-order chi connectivity index (χ1) is 6.88. The fourth-order valence-corrected chi connectivity index (χ4v) is 0.989. The molecule has 0 aliphatic heterocycles. The number of ether oxygens (including phenoxy) is 1. The molecule has 0 aromatic rings. The number of carbonyl (C=O) groups excluding carboxylic acids is 1. The van der Waals surface area contributed by atoms with Gasteiger partial charge in [-0.15, -0.1) is 0 Å². The number of hydrogen-bond acceptors (Lipinski definition) is 4. The van der Waals surface area contributed by atoms with E-state index in [0.717, 1.165) is 6.42 Å². The van der Waals surface area contributed by atoms with E-state index < -0.39 is 23.9 Å². The van der Waals surface area contributed by atoms with Gasteiger partial charge in [-0.3, -0.25) is 9.59 Å². The Kier molecular flexibility index (Phi) is 5.93. The van der Waals surface area contributed by atoms with Crippen molar-refractivity contribution >= 4 is 11.9 Å². The molecule has 5 heteroatoms. The van der Waals surface area contributed by atoms with Gasteiger partial charge in [0.1, 0.15) is 6.04 Å². The van der Waals surface area contributed by atoms with Crippen LogP contribution in [0, 0.1) is 5.92 Å². The van der Waals surface area contributed by atoms with Crippen molar-refractivity contribution in [3.05, 3.63) is 0 Å². The van der Waals surface area contributed by atoms with Gasteiger partial charge >= 0.3 is 11.9 Å². The highest BCUT2D eigenvalue weighted by Crippen LogP contribution is 2.09. The first-order valence-electron chi connectivity index (χ1n) is 5.06. The third kappa shape index (κ3) is 5.37. The molecule has 0 aromatic heterocycles. The highest BCUT2D eigenvalue weighted by atomic mass is 16.5.